The van der Waals surface area contributed by atoms with Crippen molar-refractivity contribution in [2.24, 2.45) is 0 Å². The highest BCUT2D eigenvalue weighted by Gasteiger charge is 2.33. The molecule has 2 unspecified atom stereocenters. The highest BCUT2D eigenvalue weighted by atomic mass is 16.5. The third-order valence-corrected chi connectivity index (χ3v) is 6.26. The van der Waals surface area contributed by atoms with Gasteiger partial charge in [0.25, 0.3) is 5.91 Å². The lowest BCUT2D eigenvalue weighted by atomic mass is 9.90. The van der Waals surface area contributed by atoms with Gasteiger partial charge in [-0.3, -0.25) is 14.5 Å². The first-order valence-electron chi connectivity index (χ1n) is 11.3. The molecule has 1 saturated carbocycles. The van der Waals surface area contributed by atoms with Crippen molar-refractivity contribution in [1.29, 1.82) is 0 Å². The van der Waals surface area contributed by atoms with Crippen molar-refractivity contribution in [3.8, 4) is 5.75 Å². The molecule has 1 aliphatic carbocycles. The fourth-order valence-electron chi connectivity index (χ4n) is 4.57. The predicted octanol–water partition coefficient (Wildman–Crippen LogP) is 3.92. The van der Waals surface area contributed by atoms with Crippen LogP contribution in [0.4, 0.5) is 11.4 Å². The highest BCUT2D eigenvalue weighted by molar-refractivity contribution is 6.05. The zero-order chi connectivity index (χ0) is 22.3. The van der Waals surface area contributed by atoms with E-state index in [-0.39, 0.29) is 11.8 Å². The summed E-state index contributed by atoms with van der Waals surface area (Å²) in [5.74, 6) is 0.348. The number of rotatable bonds is 7. The van der Waals surface area contributed by atoms with Crippen molar-refractivity contribution in [3.05, 3.63) is 54.1 Å². The lowest BCUT2D eigenvalue weighted by Crippen LogP contribution is -2.53. The van der Waals surface area contributed by atoms with E-state index in [2.05, 4.69) is 15.5 Å². The number of carbonyl (C=O) groups excluding carboxylic acids is 2. The molecule has 2 amide bonds. The molecule has 7 nitrogen and oxygen atoms in total. The van der Waals surface area contributed by atoms with Gasteiger partial charge in [-0.15, -0.1) is 0 Å². The number of carbonyl (C=O) groups is 2. The van der Waals surface area contributed by atoms with Crippen molar-refractivity contribution in [2.45, 2.75) is 44.2 Å². The predicted molar refractivity (Wildman–Crippen MR) is 124 cm³/mol. The Morgan fingerprint density at radius 1 is 1.06 bits per heavy atom. The molecule has 1 saturated heterocycles. The Labute approximate surface area is 189 Å². The quantitative estimate of drug-likeness (QED) is 0.686. The topological polar surface area (TPSA) is 79.9 Å². The van der Waals surface area contributed by atoms with Gasteiger partial charge in [0.05, 0.1) is 25.5 Å². The minimum Gasteiger partial charge on any atom is -0.495 e. The smallest absolute Gasteiger partial charge is 0.255 e. The molecule has 2 fully saturated rings. The molecule has 2 N–H and O–H groups in total. The number of para-hydroxylation sites is 2. The second-order valence-corrected chi connectivity index (χ2v) is 8.33. The van der Waals surface area contributed by atoms with Crippen LogP contribution in [-0.4, -0.2) is 55.7 Å². The standard InChI is InChI=1S/C25H31N3O4/c1-31-22-8-4-2-6-20(22)27-25(30)18-10-12-19(13-11-18)26-24(29)14-15-28-16-17-32-23-9-5-3-7-21(23)28/h2,4,6,8,10-13,21,23H,3,5,7,9,14-17H2,1H3,(H,26,29)(H,27,30). The number of morpholine rings is 1. The molecule has 170 valence electrons. The fourth-order valence-corrected chi connectivity index (χ4v) is 4.57. The summed E-state index contributed by atoms with van der Waals surface area (Å²) >= 11 is 0. The van der Waals surface area contributed by atoms with Gasteiger partial charge >= 0.3 is 0 Å². The maximum absolute atomic E-state index is 12.5. The molecule has 0 bridgehead atoms. The highest BCUT2D eigenvalue weighted by Crippen LogP contribution is 2.28. The number of amides is 2. The molecule has 2 aromatic carbocycles. The van der Waals surface area contributed by atoms with Gasteiger partial charge in [0.2, 0.25) is 5.91 Å². The van der Waals surface area contributed by atoms with Gasteiger partial charge in [-0.2, -0.15) is 0 Å². The molecule has 1 aliphatic heterocycles. The zero-order valence-electron chi connectivity index (χ0n) is 18.5. The van der Waals surface area contributed by atoms with Crippen LogP contribution in [0.5, 0.6) is 5.75 Å². The van der Waals surface area contributed by atoms with Crippen LogP contribution in [0.3, 0.4) is 0 Å². The minimum atomic E-state index is -0.235. The van der Waals surface area contributed by atoms with Gasteiger partial charge in [0.15, 0.2) is 0 Å². The summed E-state index contributed by atoms with van der Waals surface area (Å²) in [6.45, 7) is 2.39. The average Bonchev–Trinajstić information content (AvgIpc) is 2.83. The Morgan fingerprint density at radius 3 is 2.66 bits per heavy atom. The molecule has 4 rings (SSSR count). The van der Waals surface area contributed by atoms with Gasteiger partial charge in [-0.25, -0.2) is 0 Å². The number of anilines is 2. The molecule has 2 aliphatic rings. The summed E-state index contributed by atoms with van der Waals surface area (Å²) in [5.41, 5.74) is 1.80. The van der Waals surface area contributed by atoms with E-state index >= 15 is 0 Å². The summed E-state index contributed by atoms with van der Waals surface area (Å²) < 4.78 is 11.2. The van der Waals surface area contributed by atoms with Crippen molar-refractivity contribution in [3.63, 3.8) is 0 Å². The molecular formula is C25H31N3O4. The molecule has 2 atom stereocenters. The second-order valence-electron chi connectivity index (χ2n) is 8.33. The van der Waals surface area contributed by atoms with Gasteiger partial charge in [0, 0.05) is 36.8 Å². The maximum Gasteiger partial charge on any atom is 0.255 e. The van der Waals surface area contributed by atoms with Gasteiger partial charge in [-0.05, 0) is 49.2 Å². The number of benzene rings is 2. The first kappa shape index (κ1) is 22.3. The van der Waals surface area contributed by atoms with Crippen LogP contribution in [0.1, 0.15) is 42.5 Å². The summed E-state index contributed by atoms with van der Waals surface area (Å²) in [6, 6.07) is 14.6. The molecule has 7 heteroatoms. The number of nitrogens with zero attached hydrogens (tertiary/aromatic N) is 1. The third kappa shape index (κ3) is 5.47. The maximum atomic E-state index is 12.5. The van der Waals surface area contributed by atoms with Gasteiger partial charge in [0.1, 0.15) is 5.75 Å². The van der Waals surface area contributed by atoms with E-state index in [0.29, 0.717) is 41.3 Å². The van der Waals surface area contributed by atoms with E-state index in [1.165, 1.54) is 12.8 Å². The Balaban J connectivity index is 1.27. The van der Waals surface area contributed by atoms with Crippen LogP contribution in [0, 0.1) is 0 Å². The van der Waals surface area contributed by atoms with E-state index in [1.54, 1.807) is 43.5 Å². The molecular weight excluding hydrogens is 406 g/mol. The normalized spacial score (nSPS) is 20.8. The monoisotopic (exact) mass is 437 g/mol. The first-order valence-corrected chi connectivity index (χ1v) is 11.3. The fraction of sp³-hybridized carbons (Fsp3) is 0.440. The molecule has 0 spiro atoms. The lowest BCUT2D eigenvalue weighted by Gasteiger charge is -2.43. The van der Waals surface area contributed by atoms with Crippen molar-refractivity contribution >= 4 is 23.2 Å². The minimum absolute atomic E-state index is 0.0184. The third-order valence-electron chi connectivity index (χ3n) is 6.26. The molecule has 0 radical (unpaired) electrons. The number of ether oxygens (including phenoxy) is 2. The van der Waals surface area contributed by atoms with Crippen molar-refractivity contribution in [1.82, 2.24) is 4.90 Å². The SMILES string of the molecule is COc1ccccc1NC(=O)c1ccc(NC(=O)CCN2CCOC3CCCCC32)cc1. The van der Waals surface area contributed by atoms with Crippen molar-refractivity contribution in [2.75, 3.05) is 37.4 Å². The largest absolute Gasteiger partial charge is 0.495 e. The number of fused-ring (bicyclic) bond motifs is 1. The number of nitrogens with one attached hydrogen (secondary N) is 2. The second kappa shape index (κ2) is 10.6. The molecule has 2 aromatic rings. The number of hydrogen-bond donors (Lipinski definition) is 2. The van der Waals surface area contributed by atoms with Crippen LogP contribution < -0.4 is 15.4 Å². The van der Waals surface area contributed by atoms with E-state index in [0.717, 1.165) is 32.5 Å². The Kier molecular flexibility index (Phi) is 7.39. The summed E-state index contributed by atoms with van der Waals surface area (Å²) in [6.07, 6.45) is 5.54. The van der Waals surface area contributed by atoms with E-state index in [1.807, 2.05) is 12.1 Å². The Bertz CT molecular complexity index is 929. The number of methoxy groups -OCH3 is 1. The van der Waals surface area contributed by atoms with Crippen LogP contribution in [0.15, 0.2) is 48.5 Å². The Morgan fingerprint density at radius 2 is 1.84 bits per heavy atom. The van der Waals surface area contributed by atoms with E-state index in [4.69, 9.17) is 9.47 Å². The molecule has 0 aromatic heterocycles. The van der Waals surface area contributed by atoms with E-state index < -0.39 is 0 Å². The summed E-state index contributed by atoms with van der Waals surface area (Å²) in [7, 11) is 1.56. The first-order chi connectivity index (χ1) is 15.6. The van der Waals surface area contributed by atoms with Gasteiger partial charge < -0.3 is 20.1 Å². The van der Waals surface area contributed by atoms with Crippen LogP contribution in [0.25, 0.3) is 0 Å². The molecule has 1 heterocycles. The summed E-state index contributed by atoms with van der Waals surface area (Å²) in [4.78, 5) is 27.4. The van der Waals surface area contributed by atoms with Crippen LogP contribution >= 0.6 is 0 Å². The average molecular weight is 438 g/mol. The van der Waals surface area contributed by atoms with Gasteiger partial charge in [-0.1, -0.05) is 25.0 Å². The Hall–Kier alpha value is -2.90. The summed E-state index contributed by atoms with van der Waals surface area (Å²) in [5, 5.41) is 5.79. The van der Waals surface area contributed by atoms with Crippen LogP contribution in [-0.2, 0) is 9.53 Å². The lowest BCUT2D eigenvalue weighted by molar-refractivity contribution is -0.118. The van der Waals surface area contributed by atoms with E-state index in [9.17, 15) is 9.59 Å². The molecule has 32 heavy (non-hydrogen) atoms. The number of hydrogen-bond acceptors (Lipinski definition) is 5. The van der Waals surface area contributed by atoms with Crippen LogP contribution in [0.2, 0.25) is 0 Å². The van der Waals surface area contributed by atoms with Crippen molar-refractivity contribution < 1.29 is 19.1 Å². The zero-order valence-corrected chi connectivity index (χ0v) is 18.5.